The highest BCUT2D eigenvalue weighted by Crippen LogP contribution is 2.41. The van der Waals surface area contributed by atoms with Crippen molar-refractivity contribution in [3.05, 3.63) is 24.2 Å². The topological polar surface area (TPSA) is 34.4 Å². The number of aryl methyl sites for hydroxylation is 1. The van der Waals surface area contributed by atoms with Crippen LogP contribution in [0.4, 0.5) is 0 Å². The van der Waals surface area contributed by atoms with Crippen molar-refractivity contribution in [1.29, 1.82) is 0 Å². The summed E-state index contributed by atoms with van der Waals surface area (Å²) in [6, 6.07) is 4.63. The van der Waals surface area contributed by atoms with Crippen LogP contribution in [0, 0.1) is 5.92 Å². The quantitative estimate of drug-likeness (QED) is 0.903. The summed E-state index contributed by atoms with van der Waals surface area (Å²) >= 11 is 2.08. The molecule has 0 aromatic carbocycles. The van der Waals surface area contributed by atoms with Gasteiger partial charge in [-0.2, -0.15) is 11.8 Å². The summed E-state index contributed by atoms with van der Waals surface area (Å²) in [6.45, 7) is 0.939. The van der Waals surface area contributed by atoms with Crippen molar-refractivity contribution in [2.75, 3.05) is 25.2 Å². The summed E-state index contributed by atoms with van der Waals surface area (Å²) in [7, 11) is 2.10. The van der Waals surface area contributed by atoms with Gasteiger partial charge in [-0.05, 0) is 68.7 Å². The third-order valence-corrected chi connectivity index (χ3v) is 6.14. The van der Waals surface area contributed by atoms with Gasteiger partial charge in [0.15, 0.2) is 0 Å². The molecule has 1 N–H and O–H groups in total. The largest absolute Gasteiger partial charge is 0.469 e. The maximum atomic E-state index is 6.22. The van der Waals surface area contributed by atoms with E-state index >= 15 is 0 Å². The highest BCUT2D eigenvalue weighted by atomic mass is 32.2. The molecule has 1 spiro atoms. The molecule has 2 fully saturated rings. The molecule has 3 heterocycles. The number of ether oxygens (including phenoxy) is 1. The van der Waals surface area contributed by atoms with Crippen LogP contribution in [0.1, 0.15) is 37.9 Å². The third kappa shape index (κ3) is 3.85. The molecular weight excluding hydrogens is 282 g/mol. The van der Waals surface area contributed by atoms with Crippen molar-refractivity contribution in [1.82, 2.24) is 5.32 Å². The molecule has 0 saturated carbocycles. The van der Waals surface area contributed by atoms with Gasteiger partial charge in [-0.15, -0.1) is 0 Å². The van der Waals surface area contributed by atoms with Crippen LogP contribution in [0.15, 0.2) is 22.8 Å². The van der Waals surface area contributed by atoms with Gasteiger partial charge in [-0.25, -0.2) is 0 Å². The van der Waals surface area contributed by atoms with E-state index in [9.17, 15) is 0 Å². The first-order valence-electron chi connectivity index (χ1n) is 8.23. The minimum atomic E-state index is 0.188. The Kier molecular flexibility index (Phi) is 5.30. The van der Waals surface area contributed by atoms with E-state index in [-0.39, 0.29) is 5.60 Å². The van der Waals surface area contributed by atoms with Gasteiger partial charge in [0, 0.05) is 19.1 Å². The molecule has 1 aromatic heterocycles. The molecule has 3 nitrogen and oxygen atoms in total. The molecule has 2 aliphatic rings. The molecule has 0 bridgehead atoms. The first-order chi connectivity index (χ1) is 10.3. The summed E-state index contributed by atoms with van der Waals surface area (Å²) in [5.41, 5.74) is 0.188. The van der Waals surface area contributed by atoms with E-state index in [0.29, 0.717) is 6.04 Å². The lowest BCUT2D eigenvalue weighted by Gasteiger charge is -2.45. The monoisotopic (exact) mass is 309 g/mol. The van der Waals surface area contributed by atoms with Gasteiger partial charge in [0.05, 0.1) is 11.9 Å². The van der Waals surface area contributed by atoms with Gasteiger partial charge in [-0.1, -0.05) is 0 Å². The Labute approximate surface area is 132 Å². The highest BCUT2D eigenvalue weighted by molar-refractivity contribution is 7.99. The van der Waals surface area contributed by atoms with E-state index in [4.69, 9.17) is 9.15 Å². The predicted molar refractivity (Wildman–Crippen MR) is 87.8 cm³/mol. The molecule has 4 heteroatoms. The van der Waals surface area contributed by atoms with Crippen LogP contribution in [-0.2, 0) is 11.2 Å². The van der Waals surface area contributed by atoms with Crippen LogP contribution in [-0.4, -0.2) is 36.8 Å². The van der Waals surface area contributed by atoms with Crippen LogP contribution < -0.4 is 5.32 Å². The average molecular weight is 309 g/mol. The van der Waals surface area contributed by atoms with Crippen LogP contribution >= 0.6 is 11.8 Å². The van der Waals surface area contributed by atoms with Crippen molar-refractivity contribution in [2.24, 2.45) is 5.92 Å². The summed E-state index contributed by atoms with van der Waals surface area (Å²) in [5.74, 6) is 4.38. The summed E-state index contributed by atoms with van der Waals surface area (Å²) in [5, 5.41) is 3.55. The molecule has 2 saturated heterocycles. The number of hydrogen-bond donors (Lipinski definition) is 1. The van der Waals surface area contributed by atoms with Crippen LogP contribution in [0.2, 0.25) is 0 Å². The standard InChI is InChI=1S/C17H27NO2S/c1-18-16(5-4-15-3-2-9-19-15)14-6-10-20-17(13-14)7-11-21-12-8-17/h2-3,9,14,16,18H,4-8,10-13H2,1H3. The van der Waals surface area contributed by atoms with E-state index in [1.165, 1.54) is 37.2 Å². The van der Waals surface area contributed by atoms with Crippen LogP contribution in [0.5, 0.6) is 0 Å². The SMILES string of the molecule is CNC(CCc1ccco1)C1CCOC2(CCSCC2)C1. The van der Waals surface area contributed by atoms with Crippen molar-refractivity contribution < 1.29 is 9.15 Å². The van der Waals surface area contributed by atoms with Crippen LogP contribution in [0.3, 0.4) is 0 Å². The fraction of sp³-hybridized carbons (Fsp3) is 0.765. The van der Waals surface area contributed by atoms with Crippen molar-refractivity contribution >= 4 is 11.8 Å². The van der Waals surface area contributed by atoms with Gasteiger partial charge in [0.1, 0.15) is 5.76 Å². The molecule has 2 unspecified atom stereocenters. The van der Waals surface area contributed by atoms with Gasteiger partial charge in [0.25, 0.3) is 0 Å². The minimum Gasteiger partial charge on any atom is -0.469 e. The Hall–Kier alpha value is -0.450. The second kappa shape index (κ2) is 7.21. The first-order valence-corrected chi connectivity index (χ1v) is 9.38. The van der Waals surface area contributed by atoms with Crippen molar-refractivity contribution in [3.8, 4) is 0 Å². The average Bonchev–Trinajstić information content (AvgIpc) is 3.02. The zero-order valence-electron chi connectivity index (χ0n) is 13.0. The fourth-order valence-corrected chi connectivity index (χ4v) is 5.11. The highest BCUT2D eigenvalue weighted by Gasteiger charge is 2.40. The van der Waals surface area contributed by atoms with Gasteiger partial charge in [0.2, 0.25) is 0 Å². The van der Waals surface area contributed by atoms with Crippen molar-refractivity contribution in [2.45, 2.75) is 50.2 Å². The Balaban J connectivity index is 1.57. The molecule has 2 aliphatic heterocycles. The Morgan fingerprint density at radius 1 is 1.43 bits per heavy atom. The first kappa shape index (κ1) is 15.4. The zero-order chi connectivity index (χ0) is 14.5. The Morgan fingerprint density at radius 3 is 3.00 bits per heavy atom. The van der Waals surface area contributed by atoms with Crippen LogP contribution in [0.25, 0.3) is 0 Å². The summed E-state index contributed by atoms with van der Waals surface area (Å²) < 4.78 is 11.7. The van der Waals surface area contributed by atoms with Gasteiger partial charge < -0.3 is 14.5 Å². The molecule has 0 amide bonds. The van der Waals surface area contributed by atoms with E-state index in [2.05, 4.69) is 30.2 Å². The van der Waals surface area contributed by atoms with Gasteiger partial charge in [-0.3, -0.25) is 0 Å². The second-order valence-corrected chi connectivity index (χ2v) is 7.63. The van der Waals surface area contributed by atoms with E-state index in [0.717, 1.165) is 31.1 Å². The lowest BCUT2D eigenvalue weighted by atomic mass is 9.77. The third-order valence-electron chi connectivity index (χ3n) is 5.16. The van der Waals surface area contributed by atoms with E-state index < -0.39 is 0 Å². The molecule has 3 rings (SSSR count). The number of nitrogens with one attached hydrogen (secondary N) is 1. The Morgan fingerprint density at radius 2 is 2.29 bits per heavy atom. The molecular formula is C17H27NO2S. The Bertz CT molecular complexity index is 409. The maximum absolute atomic E-state index is 6.22. The molecule has 0 radical (unpaired) electrons. The van der Waals surface area contributed by atoms with E-state index in [1.54, 1.807) is 6.26 Å². The molecule has 21 heavy (non-hydrogen) atoms. The molecule has 118 valence electrons. The number of hydrogen-bond acceptors (Lipinski definition) is 4. The minimum absolute atomic E-state index is 0.188. The molecule has 1 aromatic rings. The normalized spacial score (nSPS) is 26.8. The number of thioether (sulfide) groups is 1. The summed E-state index contributed by atoms with van der Waals surface area (Å²) in [4.78, 5) is 0. The smallest absolute Gasteiger partial charge is 0.103 e. The lowest BCUT2D eigenvalue weighted by molar-refractivity contribution is -0.107. The zero-order valence-corrected chi connectivity index (χ0v) is 13.8. The van der Waals surface area contributed by atoms with Gasteiger partial charge >= 0.3 is 0 Å². The maximum Gasteiger partial charge on any atom is 0.103 e. The lowest BCUT2D eigenvalue weighted by Crippen LogP contribution is -2.48. The van der Waals surface area contributed by atoms with Crippen molar-refractivity contribution in [3.63, 3.8) is 0 Å². The predicted octanol–water partition coefficient (Wildman–Crippen LogP) is 3.49. The fourth-order valence-electron chi connectivity index (χ4n) is 3.87. The van der Waals surface area contributed by atoms with E-state index in [1.807, 2.05) is 6.07 Å². The number of furan rings is 1. The number of rotatable bonds is 5. The summed E-state index contributed by atoms with van der Waals surface area (Å²) in [6.07, 6.45) is 8.85. The second-order valence-electron chi connectivity index (χ2n) is 6.41. The molecule has 0 aliphatic carbocycles. The molecule has 2 atom stereocenters.